The minimum Gasteiger partial charge on any atom is -0.368 e. The fourth-order valence-corrected chi connectivity index (χ4v) is 1.22. The van der Waals surface area contributed by atoms with E-state index in [9.17, 15) is 0 Å². The fourth-order valence-electron chi connectivity index (χ4n) is 1.22. The van der Waals surface area contributed by atoms with E-state index in [4.69, 9.17) is 9.26 Å². The zero-order valence-corrected chi connectivity index (χ0v) is 8.41. The van der Waals surface area contributed by atoms with Crippen molar-refractivity contribution < 1.29 is 9.26 Å². The molecule has 1 aromatic rings. The van der Waals surface area contributed by atoms with E-state index >= 15 is 0 Å². The fraction of sp³-hybridized carbons (Fsp3) is 0.778. The van der Waals surface area contributed by atoms with Crippen molar-refractivity contribution in [2.75, 3.05) is 6.61 Å². The van der Waals surface area contributed by atoms with Crippen molar-refractivity contribution >= 4 is 0 Å². The topological polar surface area (TPSA) is 48.2 Å². The van der Waals surface area contributed by atoms with E-state index < -0.39 is 0 Å². The zero-order valence-electron chi connectivity index (χ0n) is 8.41. The molecule has 13 heavy (non-hydrogen) atoms. The predicted molar refractivity (Wildman–Crippen MR) is 48.3 cm³/mol. The second kappa shape index (κ2) is 4.97. The van der Waals surface area contributed by atoms with Crippen molar-refractivity contribution in [2.45, 2.75) is 39.7 Å². The molecule has 0 spiro atoms. The Labute approximate surface area is 78.3 Å². The van der Waals surface area contributed by atoms with Gasteiger partial charge in [0, 0.05) is 6.61 Å². The van der Waals surface area contributed by atoms with Crippen LogP contribution in [-0.4, -0.2) is 16.7 Å². The smallest absolute Gasteiger partial charge is 0.255 e. The lowest BCUT2D eigenvalue weighted by molar-refractivity contribution is 0.0835. The maximum absolute atomic E-state index is 5.36. The molecule has 0 aromatic carbocycles. The van der Waals surface area contributed by atoms with Crippen LogP contribution in [0.25, 0.3) is 0 Å². The molecule has 74 valence electrons. The van der Waals surface area contributed by atoms with Gasteiger partial charge >= 0.3 is 0 Å². The SMILES string of the molecule is CC.Cc1noc(C2CCCO2)n1. The second-order valence-corrected chi connectivity index (χ2v) is 2.68. The summed E-state index contributed by atoms with van der Waals surface area (Å²) in [6, 6.07) is 0. The Balaban J connectivity index is 0.000000396. The van der Waals surface area contributed by atoms with Crippen LogP contribution in [0.15, 0.2) is 4.52 Å². The molecule has 1 aliphatic rings. The molecule has 0 saturated carbocycles. The minimum absolute atomic E-state index is 0.0520. The molecule has 4 nitrogen and oxygen atoms in total. The van der Waals surface area contributed by atoms with Crippen LogP contribution in [0.5, 0.6) is 0 Å². The zero-order chi connectivity index (χ0) is 9.68. The highest BCUT2D eigenvalue weighted by Gasteiger charge is 2.22. The molecule has 1 aromatic heterocycles. The minimum atomic E-state index is 0.0520. The molecule has 1 atom stereocenters. The average Bonchev–Trinajstić information content (AvgIpc) is 2.77. The van der Waals surface area contributed by atoms with Crippen LogP contribution in [-0.2, 0) is 4.74 Å². The molecule has 0 bridgehead atoms. The lowest BCUT2D eigenvalue weighted by Crippen LogP contribution is -1.95. The highest BCUT2D eigenvalue weighted by atomic mass is 16.5. The van der Waals surface area contributed by atoms with Gasteiger partial charge in [-0.25, -0.2) is 0 Å². The van der Waals surface area contributed by atoms with E-state index in [1.807, 2.05) is 20.8 Å². The molecule has 0 radical (unpaired) electrons. The summed E-state index contributed by atoms with van der Waals surface area (Å²) < 4.78 is 10.3. The molecule has 0 N–H and O–H groups in total. The molecule has 1 fully saturated rings. The van der Waals surface area contributed by atoms with Gasteiger partial charge in [-0.3, -0.25) is 0 Å². The third-order valence-electron chi connectivity index (χ3n) is 1.75. The first-order valence-corrected chi connectivity index (χ1v) is 4.78. The van der Waals surface area contributed by atoms with Gasteiger partial charge in [0.15, 0.2) is 5.82 Å². The van der Waals surface area contributed by atoms with Crippen LogP contribution in [0.4, 0.5) is 0 Å². The largest absolute Gasteiger partial charge is 0.368 e. The number of aromatic nitrogens is 2. The number of hydrogen-bond acceptors (Lipinski definition) is 4. The van der Waals surface area contributed by atoms with Crippen LogP contribution in [0.1, 0.15) is 44.5 Å². The Bertz CT molecular complexity index is 242. The lowest BCUT2D eigenvalue weighted by atomic mass is 10.2. The monoisotopic (exact) mass is 184 g/mol. The van der Waals surface area contributed by atoms with Gasteiger partial charge in [0.2, 0.25) is 0 Å². The summed E-state index contributed by atoms with van der Waals surface area (Å²) in [5.74, 6) is 1.30. The molecular formula is C9H16N2O2. The number of hydrogen-bond donors (Lipinski definition) is 0. The molecule has 0 aliphatic carbocycles. The quantitative estimate of drug-likeness (QED) is 0.671. The summed E-state index contributed by atoms with van der Waals surface area (Å²) in [6.45, 7) is 6.62. The maximum Gasteiger partial charge on any atom is 0.255 e. The van der Waals surface area contributed by atoms with Gasteiger partial charge in [-0.2, -0.15) is 4.98 Å². The Morgan fingerprint density at radius 2 is 2.15 bits per heavy atom. The number of rotatable bonds is 1. The summed E-state index contributed by atoms with van der Waals surface area (Å²) >= 11 is 0. The van der Waals surface area contributed by atoms with Crippen molar-refractivity contribution in [3.8, 4) is 0 Å². The van der Waals surface area contributed by atoms with Crippen molar-refractivity contribution in [2.24, 2.45) is 0 Å². The van der Waals surface area contributed by atoms with E-state index in [0.29, 0.717) is 11.7 Å². The Morgan fingerprint density at radius 3 is 2.62 bits per heavy atom. The van der Waals surface area contributed by atoms with E-state index in [1.165, 1.54) is 0 Å². The predicted octanol–water partition coefficient (Wildman–Crippen LogP) is 2.26. The van der Waals surface area contributed by atoms with Crippen molar-refractivity contribution in [1.82, 2.24) is 10.1 Å². The van der Waals surface area contributed by atoms with E-state index in [2.05, 4.69) is 10.1 Å². The molecule has 0 amide bonds. The normalized spacial score (nSPS) is 21.0. The highest BCUT2D eigenvalue weighted by Crippen LogP contribution is 2.26. The Hall–Kier alpha value is -0.900. The van der Waals surface area contributed by atoms with Crippen LogP contribution in [0.3, 0.4) is 0 Å². The van der Waals surface area contributed by atoms with Crippen LogP contribution < -0.4 is 0 Å². The first kappa shape index (κ1) is 10.2. The summed E-state index contributed by atoms with van der Waals surface area (Å²) in [7, 11) is 0. The standard InChI is InChI=1S/C7H10N2O2.C2H6/c1-5-8-7(11-9-5)6-3-2-4-10-6;1-2/h6H,2-4H2,1H3;1-2H3. The summed E-state index contributed by atoms with van der Waals surface area (Å²) in [4.78, 5) is 4.09. The summed E-state index contributed by atoms with van der Waals surface area (Å²) in [5, 5.41) is 3.70. The third kappa shape index (κ3) is 2.52. The van der Waals surface area contributed by atoms with Gasteiger partial charge in [-0.15, -0.1) is 0 Å². The molecule has 2 rings (SSSR count). The lowest BCUT2D eigenvalue weighted by Gasteiger charge is -2.00. The average molecular weight is 184 g/mol. The molecule has 1 aliphatic heterocycles. The van der Waals surface area contributed by atoms with Crippen LogP contribution >= 0.6 is 0 Å². The van der Waals surface area contributed by atoms with Crippen LogP contribution in [0, 0.1) is 6.92 Å². The van der Waals surface area contributed by atoms with E-state index in [0.717, 1.165) is 19.4 Å². The van der Waals surface area contributed by atoms with Crippen LogP contribution in [0.2, 0.25) is 0 Å². The summed E-state index contributed by atoms with van der Waals surface area (Å²) in [5.41, 5.74) is 0. The number of nitrogens with zero attached hydrogens (tertiary/aromatic N) is 2. The van der Waals surface area contributed by atoms with Gasteiger partial charge in [-0.1, -0.05) is 19.0 Å². The van der Waals surface area contributed by atoms with Crippen molar-refractivity contribution in [1.29, 1.82) is 0 Å². The van der Waals surface area contributed by atoms with Gasteiger partial charge in [0.05, 0.1) is 0 Å². The highest BCUT2D eigenvalue weighted by molar-refractivity contribution is 4.89. The summed E-state index contributed by atoms with van der Waals surface area (Å²) in [6.07, 6.45) is 2.14. The Kier molecular flexibility index (Phi) is 3.89. The third-order valence-corrected chi connectivity index (χ3v) is 1.75. The maximum atomic E-state index is 5.36. The van der Waals surface area contributed by atoms with Gasteiger partial charge < -0.3 is 9.26 Å². The van der Waals surface area contributed by atoms with Gasteiger partial charge in [0.25, 0.3) is 5.89 Å². The molecule has 1 saturated heterocycles. The number of ether oxygens (including phenoxy) is 1. The molecule has 1 unspecified atom stereocenters. The van der Waals surface area contributed by atoms with Gasteiger partial charge in [-0.05, 0) is 19.8 Å². The van der Waals surface area contributed by atoms with E-state index in [-0.39, 0.29) is 6.10 Å². The Morgan fingerprint density at radius 1 is 1.38 bits per heavy atom. The van der Waals surface area contributed by atoms with Gasteiger partial charge in [0.1, 0.15) is 6.10 Å². The van der Waals surface area contributed by atoms with E-state index in [1.54, 1.807) is 0 Å². The molecule has 2 heterocycles. The molecular weight excluding hydrogens is 168 g/mol. The van der Waals surface area contributed by atoms with Crippen molar-refractivity contribution in [3.05, 3.63) is 11.7 Å². The first-order chi connectivity index (χ1) is 6.36. The second-order valence-electron chi connectivity index (χ2n) is 2.68. The first-order valence-electron chi connectivity index (χ1n) is 4.78. The van der Waals surface area contributed by atoms with Crippen molar-refractivity contribution in [3.63, 3.8) is 0 Å². The molecule has 4 heteroatoms. The number of aryl methyl sites for hydroxylation is 1.